The number of para-hydroxylation sites is 1. The summed E-state index contributed by atoms with van der Waals surface area (Å²) >= 11 is 0. The Balaban J connectivity index is 2.28. The van der Waals surface area contributed by atoms with Crippen LogP contribution < -0.4 is 14.5 Å². The molecule has 0 heterocycles. The fraction of sp³-hybridized carbons (Fsp3) is 0.350. The number of anilines is 3. The van der Waals surface area contributed by atoms with Crippen molar-refractivity contribution in [3.8, 4) is 0 Å². The van der Waals surface area contributed by atoms with Crippen molar-refractivity contribution in [3.63, 3.8) is 0 Å². The van der Waals surface area contributed by atoms with Crippen molar-refractivity contribution in [1.82, 2.24) is 0 Å². The van der Waals surface area contributed by atoms with Crippen molar-refractivity contribution >= 4 is 33.0 Å². The normalized spacial score (nSPS) is 11.1. The summed E-state index contributed by atoms with van der Waals surface area (Å²) in [6, 6.07) is 14.6. The summed E-state index contributed by atoms with van der Waals surface area (Å²) in [4.78, 5) is 14.6. The van der Waals surface area contributed by atoms with E-state index in [9.17, 15) is 13.2 Å². The second-order valence-corrected chi connectivity index (χ2v) is 8.23. The van der Waals surface area contributed by atoms with Crippen LogP contribution in [0, 0.1) is 6.92 Å². The molecule has 0 bridgehead atoms. The number of hydrogen-bond acceptors (Lipinski definition) is 4. The van der Waals surface area contributed by atoms with Crippen LogP contribution >= 0.6 is 0 Å². The lowest BCUT2D eigenvalue weighted by molar-refractivity contribution is -0.114. The molecule has 2 rings (SSSR count). The molecule has 0 unspecified atom stereocenters. The van der Waals surface area contributed by atoms with E-state index in [1.807, 2.05) is 25.1 Å². The van der Waals surface area contributed by atoms with Gasteiger partial charge in [0.05, 0.1) is 11.9 Å². The lowest BCUT2D eigenvalue weighted by Crippen LogP contribution is -2.38. The van der Waals surface area contributed by atoms with Gasteiger partial charge < -0.3 is 10.2 Å². The van der Waals surface area contributed by atoms with Crippen LogP contribution in [0.1, 0.15) is 19.4 Å². The number of amides is 1. The molecule has 2 aromatic rings. The van der Waals surface area contributed by atoms with Gasteiger partial charge in [-0.25, -0.2) is 8.42 Å². The number of nitrogens with one attached hydrogen (secondary N) is 1. The SMILES string of the molecule is CCN(CC)c1ccc(N(CC(=O)Nc2ccccc2)S(C)(=O)=O)c(C)c1. The van der Waals surface area contributed by atoms with Gasteiger partial charge in [-0.3, -0.25) is 9.10 Å². The molecule has 0 atom stereocenters. The number of hydrogen-bond donors (Lipinski definition) is 1. The van der Waals surface area contributed by atoms with E-state index in [0.717, 1.165) is 34.9 Å². The Kier molecular flexibility index (Phi) is 6.85. The molecule has 27 heavy (non-hydrogen) atoms. The molecule has 0 saturated heterocycles. The van der Waals surface area contributed by atoms with Crippen LogP contribution in [0.5, 0.6) is 0 Å². The van der Waals surface area contributed by atoms with Crippen molar-refractivity contribution in [2.24, 2.45) is 0 Å². The molecule has 0 aliphatic heterocycles. The predicted octanol–water partition coefficient (Wildman–Crippen LogP) is 3.25. The summed E-state index contributed by atoms with van der Waals surface area (Å²) in [6.07, 6.45) is 1.11. The molecule has 0 fully saturated rings. The van der Waals surface area contributed by atoms with Crippen LogP contribution in [-0.4, -0.2) is 40.2 Å². The van der Waals surface area contributed by atoms with Crippen LogP contribution in [0.4, 0.5) is 17.1 Å². The molecule has 0 radical (unpaired) electrons. The van der Waals surface area contributed by atoms with Gasteiger partial charge in [-0.15, -0.1) is 0 Å². The zero-order valence-electron chi connectivity index (χ0n) is 16.3. The summed E-state index contributed by atoms with van der Waals surface area (Å²) in [5.41, 5.74) is 2.97. The Morgan fingerprint density at radius 2 is 1.67 bits per heavy atom. The molecule has 2 aromatic carbocycles. The minimum absolute atomic E-state index is 0.279. The summed E-state index contributed by atoms with van der Waals surface area (Å²) in [5.74, 6) is -0.390. The zero-order valence-corrected chi connectivity index (χ0v) is 17.1. The third-order valence-corrected chi connectivity index (χ3v) is 5.45. The van der Waals surface area contributed by atoms with E-state index in [1.165, 1.54) is 0 Å². The fourth-order valence-corrected chi connectivity index (χ4v) is 3.85. The summed E-state index contributed by atoms with van der Waals surface area (Å²) in [6.45, 7) is 7.46. The number of carbonyl (C=O) groups is 1. The van der Waals surface area contributed by atoms with Crippen molar-refractivity contribution in [3.05, 3.63) is 54.1 Å². The first-order valence-corrected chi connectivity index (χ1v) is 10.8. The predicted molar refractivity (Wildman–Crippen MR) is 112 cm³/mol. The van der Waals surface area contributed by atoms with Crippen molar-refractivity contribution in [1.29, 1.82) is 0 Å². The lowest BCUT2D eigenvalue weighted by Gasteiger charge is -2.26. The largest absolute Gasteiger partial charge is 0.372 e. The first-order chi connectivity index (χ1) is 12.8. The lowest BCUT2D eigenvalue weighted by atomic mass is 10.1. The highest BCUT2D eigenvalue weighted by Gasteiger charge is 2.23. The van der Waals surface area contributed by atoms with Gasteiger partial charge in [-0.2, -0.15) is 0 Å². The number of carbonyl (C=O) groups excluding carboxylic acids is 1. The molecule has 7 heteroatoms. The van der Waals surface area contributed by atoms with Crippen LogP contribution in [0.2, 0.25) is 0 Å². The third kappa shape index (κ3) is 5.47. The molecule has 0 aromatic heterocycles. The van der Waals surface area contributed by atoms with Gasteiger partial charge >= 0.3 is 0 Å². The molecule has 146 valence electrons. The van der Waals surface area contributed by atoms with Crippen LogP contribution in [0.25, 0.3) is 0 Å². The van der Waals surface area contributed by atoms with E-state index in [2.05, 4.69) is 24.1 Å². The van der Waals surface area contributed by atoms with Gasteiger partial charge in [0, 0.05) is 24.5 Å². The van der Waals surface area contributed by atoms with E-state index < -0.39 is 10.0 Å². The van der Waals surface area contributed by atoms with Crippen molar-refractivity contribution in [2.75, 3.05) is 40.4 Å². The topological polar surface area (TPSA) is 69.7 Å². The molecule has 0 aliphatic carbocycles. The maximum absolute atomic E-state index is 12.4. The van der Waals surface area contributed by atoms with Crippen LogP contribution in [0.15, 0.2) is 48.5 Å². The first-order valence-electron chi connectivity index (χ1n) is 8.94. The summed E-state index contributed by atoms with van der Waals surface area (Å²) < 4.78 is 25.8. The Morgan fingerprint density at radius 1 is 1.04 bits per heavy atom. The first kappa shape index (κ1) is 20.8. The van der Waals surface area contributed by atoms with Crippen LogP contribution in [0.3, 0.4) is 0 Å². The number of benzene rings is 2. The second kappa shape index (κ2) is 8.90. The zero-order chi connectivity index (χ0) is 20.0. The average Bonchev–Trinajstić information content (AvgIpc) is 2.61. The molecular formula is C20H27N3O3S. The Morgan fingerprint density at radius 3 is 2.19 bits per heavy atom. The van der Waals surface area contributed by atoms with Crippen molar-refractivity contribution < 1.29 is 13.2 Å². The van der Waals surface area contributed by atoms with Gasteiger partial charge in [0.1, 0.15) is 6.54 Å². The monoisotopic (exact) mass is 389 g/mol. The number of aryl methyl sites for hydroxylation is 1. The highest BCUT2D eigenvalue weighted by molar-refractivity contribution is 7.92. The van der Waals surface area contributed by atoms with Gasteiger partial charge in [-0.05, 0) is 56.7 Å². The van der Waals surface area contributed by atoms with E-state index in [4.69, 9.17) is 0 Å². The maximum Gasteiger partial charge on any atom is 0.245 e. The van der Waals surface area contributed by atoms with Gasteiger partial charge in [0.2, 0.25) is 15.9 Å². The van der Waals surface area contributed by atoms with E-state index in [0.29, 0.717) is 11.4 Å². The molecule has 0 aliphatic rings. The summed E-state index contributed by atoms with van der Waals surface area (Å²) in [5, 5.41) is 2.73. The smallest absolute Gasteiger partial charge is 0.245 e. The fourth-order valence-electron chi connectivity index (χ4n) is 2.94. The van der Waals surface area contributed by atoms with Gasteiger partial charge in [0.25, 0.3) is 0 Å². The third-order valence-electron chi connectivity index (χ3n) is 4.32. The highest BCUT2D eigenvalue weighted by Crippen LogP contribution is 2.27. The van der Waals surface area contributed by atoms with Gasteiger partial charge in [-0.1, -0.05) is 18.2 Å². The summed E-state index contributed by atoms with van der Waals surface area (Å²) in [7, 11) is -3.61. The molecular weight excluding hydrogens is 362 g/mol. The molecule has 6 nitrogen and oxygen atoms in total. The quantitative estimate of drug-likeness (QED) is 0.752. The van der Waals surface area contributed by atoms with Crippen LogP contribution in [-0.2, 0) is 14.8 Å². The Bertz CT molecular complexity index is 879. The van der Waals surface area contributed by atoms with E-state index in [-0.39, 0.29) is 12.5 Å². The average molecular weight is 390 g/mol. The van der Waals surface area contributed by atoms with Crippen molar-refractivity contribution in [2.45, 2.75) is 20.8 Å². The number of rotatable bonds is 8. The highest BCUT2D eigenvalue weighted by atomic mass is 32.2. The van der Waals surface area contributed by atoms with E-state index in [1.54, 1.807) is 30.3 Å². The number of sulfonamides is 1. The maximum atomic E-state index is 12.4. The Labute approximate surface area is 161 Å². The minimum atomic E-state index is -3.61. The minimum Gasteiger partial charge on any atom is -0.372 e. The number of nitrogens with zero attached hydrogens (tertiary/aromatic N) is 2. The standard InChI is InChI=1S/C20H27N3O3S/c1-5-22(6-2)18-12-13-19(16(3)14-18)23(27(4,25)26)15-20(24)21-17-10-8-7-9-11-17/h7-14H,5-6,15H2,1-4H3,(H,21,24). The molecule has 1 N–H and O–H groups in total. The van der Waals surface area contributed by atoms with E-state index >= 15 is 0 Å². The molecule has 0 spiro atoms. The second-order valence-electron chi connectivity index (χ2n) is 6.33. The molecule has 1 amide bonds. The van der Waals surface area contributed by atoms with Gasteiger partial charge in [0.15, 0.2) is 0 Å². The molecule has 0 saturated carbocycles. The Hall–Kier alpha value is -2.54.